The second-order valence-electron chi connectivity index (χ2n) is 3.90. The molecule has 0 atom stereocenters. The van der Waals surface area contributed by atoms with Crippen molar-refractivity contribution in [3.05, 3.63) is 20.8 Å². The third-order valence-electron chi connectivity index (χ3n) is 2.69. The number of rotatable bonds is 3. The van der Waals surface area contributed by atoms with Crippen LogP contribution in [0.25, 0.3) is 10.2 Å². The van der Waals surface area contributed by atoms with Crippen LogP contribution >= 0.6 is 23.1 Å². The summed E-state index contributed by atoms with van der Waals surface area (Å²) in [5.74, 6) is -1.03. The van der Waals surface area contributed by atoms with Crippen molar-refractivity contribution >= 4 is 39.3 Å². The van der Waals surface area contributed by atoms with E-state index < -0.39 is 5.97 Å². The van der Waals surface area contributed by atoms with E-state index >= 15 is 0 Å². The summed E-state index contributed by atoms with van der Waals surface area (Å²) in [6, 6.07) is 0. The third-order valence-corrected chi connectivity index (χ3v) is 4.81. The minimum absolute atomic E-state index is 0.102. The summed E-state index contributed by atoms with van der Waals surface area (Å²) in [6.07, 6.45) is 0. The van der Waals surface area contributed by atoms with Crippen molar-refractivity contribution in [2.45, 2.75) is 19.0 Å². The lowest BCUT2D eigenvalue weighted by molar-refractivity contribution is -0.133. The Morgan fingerprint density at radius 1 is 1.50 bits per heavy atom. The highest BCUT2D eigenvalue weighted by Gasteiger charge is 2.15. The van der Waals surface area contributed by atoms with Crippen LogP contribution in [-0.4, -0.2) is 26.4 Å². The highest BCUT2D eigenvalue weighted by Crippen LogP contribution is 2.27. The molecular formula is C11H12N2O3S2. The van der Waals surface area contributed by atoms with E-state index in [1.54, 1.807) is 7.05 Å². The first-order valence-corrected chi connectivity index (χ1v) is 7.03. The van der Waals surface area contributed by atoms with Crippen molar-refractivity contribution in [3.8, 4) is 0 Å². The SMILES string of the molecule is Cc1sc2nc(SCC(=O)O)n(C)c(=O)c2c1C. The Hall–Kier alpha value is -1.34. The van der Waals surface area contributed by atoms with Crippen molar-refractivity contribution in [1.29, 1.82) is 0 Å². The molecule has 0 aliphatic heterocycles. The predicted octanol–water partition coefficient (Wildman–Crippen LogP) is 1.79. The number of carbonyl (C=O) groups is 1. The molecule has 0 aliphatic rings. The molecule has 7 heteroatoms. The first kappa shape index (κ1) is 13.1. The Kier molecular flexibility index (Phi) is 3.45. The van der Waals surface area contributed by atoms with E-state index in [4.69, 9.17) is 5.11 Å². The molecule has 0 radical (unpaired) electrons. The zero-order chi connectivity index (χ0) is 13.4. The molecule has 2 heterocycles. The van der Waals surface area contributed by atoms with Gasteiger partial charge in [0.2, 0.25) is 0 Å². The maximum Gasteiger partial charge on any atom is 0.313 e. The van der Waals surface area contributed by atoms with Gasteiger partial charge in [-0.3, -0.25) is 14.2 Å². The maximum atomic E-state index is 12.2. The summed E-state index contributed by atoms with van der Waals surface area (Å²) < 4.78 is 1.41. The molecule has 5 nitrogen and oxygen atoms in total. The molecule has 0 amide bonds. The summed E-state index contributed by atoms with van der Waals surface area (Å²) >= 11 is 2.52. The number of carboxylic acids is 1. The van der Waals surface area contributed by atoms with Gasteiger partial charge in [0.15, 0.2) is 5.16 Å². The molecule has 96 valence electrons. The van der Waals surface area contributed by atoms with Gasteiger partial charge in [0.05, 0.1) is 11.1 Å². The predicted molar refractivity (Wildman–Crippen MR) is 72.7 cm³/mol. The molecule has 0 saturated carbocycles. The molecule has 0 spiro atoms. The van der Waals surface area contributed by atoms with Gasteiger partial charge in [-0.25, -0.2) is 4.98 Å². The standard InChI is InChI=1S/C11H12N2O3S2/c1-5-6(2)18-9-8(5)10(16)13(3)11(12-9)17-4-7(14)15/h4H2,1-3H3,(H,14,15). The number of nitrogens with zero attached hydrogens (tertiary/aromatic N) is 2. The van der Waals surface area contributed by atoms with Crippen molar-refractivity contribution in [2.75, 3.05) is 5.75 Å². The molecule has 0 aliphatic carbocycles. The lowest BCUT2D eigenvalue weighted by Gasteiger charge is -2.05. The number of hydrogen-bond donors (Lipinski definition) is 1. The number of aliphatic carboxylic acids is 1. The van der Waals surface area contributed by atoms with Crippen molar-refractivity contribution in [2.24, 2.45) is 7.05 Å². The summed E-state index contributed by atoms with van der Waals surface area (Å²) in [5, 5.41) is 9.74. The molecule has 0 bridgehead atoms. The average Bonchev–Trinajstić information content (AvgIpc) is 2.58. The highest BCUT2D eigenvalue weighted by atomic mass is 32.2. The van der Waals surface area contributed by atoms with E-state index in [1.165, 1.54) is 15.9 Å². The first-order chi connectivity index (χ1) is 8.41. The molecule has 18 heavy (non-hydrogen) atoms. The lowest BCUT2D eigenvalue weighted by atomic mass is 10.2. The Balaban J connectivity index is 2.61. The van der Waals surface area contributed by atoms with Crippen LogP contribution in [0.1, 0.15) is 10.4 Å². The second kappa shape index (κ2) is 4.74. The molecule has 0 saturated heterocycles. The van der Waals surface area contributed by atoms with Crippen LogP contribution in [0.2, 0.25) is 0 Å². The molecular weight excluding hydrogens is 272 g/mol. The molecule has 1 N–H and O–H groups in total. The molecule has 2 aromatic heterocycles. The lowest BCUT2D eigenvalue weighted by Crippen LogP contribution is -2.20. The van der Waals surface area contributed by atoms with Gasteiger partial charge < -0.3 is 5.11 Å². The summed E-state index contributed by atoms with van der Waals surface area (Å²) in [7, 11) is 1.62. The van der Waals surface area contributed by atoms with Crippen LogP contribution < -0.4 is 5.56 Å². The van der Waals surface area contributed by atoms with E-state index in [2.05, 4.69) is 4.98 Å². The molecule has 0 unspecified atom stereocenters. The number of fused-ring (bicyclic) bond motifs is 1. The van der Waals surface area contributed by atoms with Gasteiger partial charge in [-0.05, 0) is 19.4 Å². The topological polar surface area (TPSA) is 72.2 Å². The maximum absolute atomic E-state index is 12.2. The van der Waals surface area contributed by atoms with Gasteiger partial charge in [0, 0.05) is 11.9 Å². The van der Waals surface area contributed by atoms with Crippen LogP contribution in [0.15, 0.2) is 9.95 Å². The Bertz CT molecular complexity index is 688. The highest BCUT2D eigenvalue weighted by molar-refractivity contribution is 7.99. The normalized spacial score (nSPS) is 11.1. The van der Waals surface area contributed by atoms with Gasteiger partial charge in [-0.1, -0.05) is 11.8 Å². The van der Waals surface area contributed by atoms with Gasteiger partial charge in [-0.15, -0.1) is 11.3 Å². The van der Waals surface area contributed by atoms with Crippen molar-refractivity contribution < 1.29 is 9.90 Å². The van der Waals surface area contributed by atoms with Crippen LogP contribution in [0, 0.1) is 13.8 Å². The van der Waals surface area contributed by atoms with Gasteiger partial charge >= 0.3 is 5.97 Å². The van der Waals surface area contributed by atoms with E-state index in [-0.39, 0.29) is 11.3 Å². The minimum atomic E-state index is -0.923. The molecule has 0 aromatic carbocycles. The number of thioether (sulfide) groups is 1. The fourth-order valence-electron chi connectivity index (χ4n) is 1.61. The molecule has 0 fully saturated rings. The van der Waals surface area contributed by atoms with Crippen LogP contribution in [0.5, 0.6) is 0 Å². The van der Waals surface area contributed by atoms with E-state index in [0.717, 1.165) is 22.2 Å². The average molecular weight is 284 g/mol. The zero-order valence-corrected chi connectivity index (χ0v) is 11.8. The van der Waals surface area contributed by atoms with Crippen LogP contribution in [-0.2, 0) is 11.8 Å². The number of hydrogen-bond acceptors (Lipinski definition) is 5. The van der Waals surface area contributed by atoms with Gasteiger partial charge in [0.25, 0.3) is 5.56 Å². The first-order valence-electron chi connectivity index (χ1n) is 5.23. The summed E-state index contributed by atoms with van der Waals surface area (Å²) in [5.41, 5.74) is 0.840. The Labute approximate surface area is 111 Å². The van der Waals surface area contributed by atoms with Gasteiger partial charge in [0.1, 0.15) is 4.83 Å². The van der Waals surface area contributed by atoms with Crippen LogP contribution in [0.4, 0.5) is 0 Å². The quantitative estimate of drug-likeness (QED) is 0.687. The summed E-state index contributed by atoms with van der Waals surface area (Å²) in [4.78, 5) is 28.9. The van der Waals surface area contributed by atoms with Crippen LogP contribution in [0.3, 0.4) is 0 Å². The monoisotopic (exact) mass is 284 g/mol. The number of carboxylic acid groups (broad SMARTS) is 1. The number of thiophene rings is 1. The zero-order valence-electron chi connectivity index (χ0n) is 10.2. The van der Waals surface area contributed by atoms with Gasteiger partial charge in [-0.2, -0.15) is 0 Å². The molecule has 2 rings (SSSR count). The van der Waals surface area contributed by atoms with E-state index in [9.17, 15) is 9.59 Å². The largest absolute Gasteiger partial charge is 0.481 e. The fourth-order valence-corrected chi connectivity index (χ4v) is 3.37. The number of aryl methyl sites for hydroxylation is 2. The minimum Gasteiger partial charge on any atom is -0.481 e. The second-order valence-corrected chi connectivity index (χ2v) is 6.05. The van der Waals surface area contributed by atoms with Crippen molar-refractivity contribution in [1.82, 2.24) is 9.55 Å². The fraction of sp³-hybridized carbons (Fsp3) is 0.364. The third kappa shape index (κ3) is 2.15. The Morgan fingerprint density at radius 3 is 2.78 bits per heavy atom. The molecule has 2 aromatic rings. The van der Waals surface area contributed by atoms with E-state index in [0.29, 0.717) is 15.4 Å². The van der Waals surface area contributed by atoms with E-state index in [1.807, 2.05) is 13.8 Å². The smallest absolute Gasteiger partial charge is 0.313 e. The van der Waals surface area contributed by atoms with Crippen molar-refractivity contribution in [3.63, 3.8) is 0 Å². The summed E-state index contributed by atoms with van der Waals surface area (Å²) in [6.45, 7) is 3.85. The Morgan fingerprint density at radius 2 is 2.17 bits per heavy atom. The number of aromatic nitrogens is 2.